The van der Waals surface area contributed by atoms with E-state index in [0.717, 1.165) is 4.90 Å². The van der Waals surface area contributed by atoms with Gasteiger partial charge in [0.2, 0.25) is 0 Å². The molecule has 0 saturated carbocycles. The number of nitrogens with zero attached hydrogens (tertiary/aromatic N) is 3. The number of halogens is 1. The molecule has 30 heavy (non-hydrogen) atoms. The smallest absolute Gasteiger partial charge is 0.338 e. The molecule has 1 fully saturated rings. The van der Waals surface area contributed by atoms with Crippen LogP contribution < -0.4 is 9.80 Å². The van der Waals surface area contributed by atoms with Crippen LogP contribution in [0.4, 0.5) is 21.5 Å². The first-order chi connectivity index (χ1) is 14.1. The Morgan fingerprint density at radius 1 is 1.23 bits per heavy atom. The van der Waals surface area contributed by atoms with Crippen molar-refractivity contribution in [3.05, 3.63) is 64.8 Å². The van der Waals surface area contributed by atoms with Crippen molar-refractivity contribution in [2.75, 3.05) is 16.4 Å². The molecule has 6 nitrogen and oxygen atoms in total. The molecule has 1 saturated heterocycles. The number of anilines is 2. The maximum absolute atomic E-state index is 15.0. The maximum Gasteiger partial charge on any atom is 0.338 e. The second-order valence-corrected chi connectivity index (χ2v) is 7.60. The Hall–Kier alpha value is -3.31. The maximum atomic E-state index is 15.0. The lowest BCUT2D eigenvalue weighted by Gasteiger charge is -2.29. The Morgan fingerprint density at radius 2 is 1.87 bits per heavy atom. The van der Waals surface area contributed by atoms with Gasteiger partial charge in [-0.25, -0.2) is 14.0 Å². The molecule has 1 aliphatic rings. The Labute approximate surface area is 179 Å². The summed E-state index contributed by atoms with van der Waals surface area (Å²) in [4.78, 5) is 31.2. The van der Waals surface area contributed by atoms with Gasteiger partial charge in [-0.1, -0.05) is 6.07 Å². The average molecular weight is 425 g/mol. The molecular weight excluding hydrogens is 405 g/mol. The van der Waals surface area contributed by atoms with Crippen molar-refractivity contribution < 1.29 is 18.7 Å². The van der Waals surface area contributed by atoms with E-state index < -0.39 is 23.2 Å². The van der Waals surface area contributed by atoms with Crippen molar-refractivity contribution in [3.8, 4) is 0 Å². The summed E-state index contributed by atoms with van der Waals surface area (Å²) in [5.74, 6) is -1.49. The van der Waals surface area contributed by atoms with Gasteiger partial charge in [0.15, 0.2) is 10.8 Å². The van der Waals surface area contributed by atoms with Gasteiger partial charge in [-0.2, -0.15) is 0 Å². The molecule has 2 aromatic rings. The van der Waals surface area contributed by atoms with Crippen molar-refractivity contribution in [2.45, 2.75) is 33.2 Å². The van der Waals surface area contributed by atoms with Gasteiger partial charge in [0.05, 0.1) is 24.4 Å². The fourth-order valence-corrected chi connectivity index (χ4v) is 3.87. The average Bonchev–Trinajstić information content (AvgIpc) is 2.89. The van der Waals surface area contributed by atoms with Gasteiger partial charge in [-0.05, 0) is 75.8 Å². The quantitative estimate of drug-likeness (QED) is 0.401. The molecule has 0 atom stereocenters. The highest BCUT2D eigenvalue weighted by atomic mass is 32.1. The normalized spacial score (nSPS) is 15.3. The molecule has 0 aromatic heterocycles. The molecule has 0 aliphatic carbocycles. The lowest BCUT2D eigenvalue weighted by molar-refractivity contribution is -0.120. The van der Waals surface area contributed by atoms with Gasteiger partial charge >= 0.3 is 5.97 Å². The first-order valence-electron chi connectivity index (χ1n) is 9.27. The van der Waals surface area contributed by atoms with Crippen LogP contribution >= 0.6 is 12.2 Å². The van der Waals surface area contributed by atoms with Crippen LogP contribution in [0.25, 0.3) is 4.85 Å². The highest BCUT2D eigenvalue weighted by Gasteiger charge is 2.51. The molecule has 3 rings (SSSR count). The molecule has 0 radical (unpaired) electrons. The summed E-state index contributed by atoms with van der Waals surface area (Å²) < 4.78 is 20.0. The van der Waals surface area contributed by atoms with E-state index >= 15 is 0 Å². The van der Waals surface area contributed by atoms with E-state index in [4.69, 9.17) is 23.5 Å². The zero-order valence-corrected chi connectivity index (χ0v) is 17.8. The third-order valence-electron chi connectivity index (χ3n) is 5.00. The number of rotatable bonds is 4. The zero-order chi connectivity index (χ0) is 22.2. The highest BCUT2D eigenvalue weighted by molar-refractivity contribution is 7.81. The van der Waals surface area contributed by atoms with Crippen molar-refractivity contribution in [1.82, 2.24) is 0 Å². The fourth-order valence-electron chi connectivity index (χ4n) is 3.36. The standard InChI is InChI=1S/C22H20FN3O3S/c1-6-29-19(27)14-7-9-15(10-8-14)26-21(30)25(20(28)22(26,3)4)17-12-11-16(24-5)13(2)18(17)23/h7-12H,6H2,1-4H3. The summed E-state index contributed by atoms with van der Waals surface area (Å²) in [6.45, 7) is 14.0. The van der Waals surface area contributed by atoms with E-state index in [0.29, 0.717) is 11.3 Å². The number of carbonyl (C=O) groups is 2. The van der Waals surface area contributed by atoms with E-state index in [-0.39, 0.29) is 28.7 Å². The van der Waals surface area contributed by atoms with Crippen molar-refractivity contribution in [2.24, 2.45) is 0 Å². The number of esters is 1. The van der Waals surface area contributed by atoms with Gasteiger partial charge < -0.3 is 9.64 Å². The summed E-state index contributed by atoms with van der Waals surface area (Å²) in [6, 6.07) is 9.38. The molecule has 2 aromatic carbocycles. The number of hydrogen-bond acceptors (Lipinski definition) is 4. The number of ether oxygens (including phenoxy) is 1. The van der Waals surface area contributed by atoms with Crippen LogP contribution in [-0.4, -0.2) is 29.1 Å². The monoisotopic (exact) mass is 425 g/mol. The number of hydrogen-bond donors (Lipinski definition) is 0. The SMILES string of the molecule is [C-]#[N+]c1ccc(N2C(=O)C(C)(C)N(c3ccc(C(=O)OCC)cc3)C2=S)c(F)c1C. The predicted octanol–water partition coefficient (Wildman–Crippen LogP) is 4.78. The number of carbonyl (C=O) groups excluding carboxylic acids is 2. The van der Waals surface area contributed by atoms with Crippen molar-refractivity contribution >= 4 is 46.3 Å². The minimum Gasteiger partial charge on any atom is -0.462 e. The third kappa shape index (κ3) is 3.31. The molecule has 0 spiro atoms. The van der Waals surface area contributed by atoms with Gasteiger partial charge in [-0.3, -0.25) is 9.69 Å². The van der Waals surface area contributed by atoms with Crippen molar-refractivity contribution in [1.29, 1.82) is 0 Å². The second-order valence-electron chi connectivity index (χ2n) is 7.24. The second kappa shape index (κ2) is 7.84. The van der Waals surface area contributed by atoms with Crippen molar-refractivity contribution in [3.63, 3.8) is 0 Å². The lowest BCUT2D eigenvalue weighted by Crippen LogP contribution is -2.44. The molecule has 0 bridgehead atoms. The fraction of sp³-hybridized carbons (Fsp3) is 0.273. The molecule has 0 unspecified atom stereocenters. The van der Waals surface area contributed by atoms with Gasteiger partial charge in [-0.15, -0.1) is 0 Å². The Kier molecular flexibility index (Phi) is 5.59. The molecule has 0 N–H and O–H groups in total. The molecule has 1 heterocycles. The Morgan fingerprint density at radius 3 is 2.43 bits per heavy atom. The summed E-state index contributed by atoms with van der Waals surface area (Å²) in [5.41, 5.74) is 0.231. The van der Waals surface area contributed by atoms with Gasteiger partial charge in [0.25, 0.3) is 5.91 Å². The Balaban J connectivity index is 2.02. The predicted molar refractivity (Wildman–Crippen MR) is 116 cm³/mol. The number of amides is 1. The Bertz CT molecular complexity index is 1090. The van der Waals surface area contributed by atoms with Crippen LogP contribution in [0.1, 0.15) is 36.7 Å². The van der Waals surface area contributed by atoms with E-state index in [1.54, 1.807) is 49.9 Å². The molecule has 154 valence electrons. The third-order valence-corrected chi connectivity index (χ3v) is 5.37. The topological polar surface area (TPSA) is 54.2 Å². The minimum atomic E-state index is -1.08. The highest BCUT2D eigenvalue weighted by Crippen LogP contribution is 2.39. The zero-order valence-electron chi connectivity index (χ0n) is 17.0. The molecule has 1 amide bonds. The molecule has 1 aliphatic heterocycles. The minimum absolute atomic E-state index is 0.00798. The summed E-state index contributed by atoms with van der Waals surface area (Å²) in [5, 5.41) is 0.114. The van der Waals surface area contributed by atoms with Gasteiger partial charge in [0.1, 0.15) is 11.4 Å². The summed E-state index contributed by atoms with van der Waals surface area (Å²) >= 11 is 5.55. The first-order valence-corrected chi connectivity index (χ1v) is 9.68. The van der Waals surface area contributed by atoms with Crippen LogP contribution in [0.15, 0.2) is 36.4 Å². The summed E-state index contributed by atoms with van der Waals surface area (Å²) in [6.07, 6.45) is 0. The van der Waals surface area contributed by atoms with E-state index in [1.807, 2.05) is 0 Å². The van der Waals surface area contributed by atoms with Crippen LogP contribution in [0.5, 0.6) is 0 Å². The van der Waals surface area contributed by atoms with E-state index in [1.165, 1.54) is 19.1 Å². The number of benzene rings is 2. The van der Waals surface area contributed by atoms with E-state index in [2.05, 4.69) is 4.85 Å². The van der Waals surface area contributed by atoms with Crippen LogP contribution in [0.3, 0.4) is 0 Å². The first kappa shape index (κ1) is 21.4. The van der Waals surface area contributed by atoms with Gasteiger partial charge in [0, 0.05) is 5.69 Å². The van der Waals surface area contributed by atoms with E-state index in [9.17, 15) is 14.0 Å². The summed E-state index contributed by atoms with van der Waals surface area (Å²) in [7, 11) is 0. The van der Waals surface area contributed by atoms with Crippen LogP contribution in [0.2, 0.25) is 0 Å². The lowest BCUT2D eigenvalue weighted by atomic mass is 10.0. The number of thiocarbonyl (C=S) groups is 1. The molecular formula is C22H20FN3O3S. The van der Waals surface area contributed by atoms with Crippen LogP contribution in [-0.2, 0) is 9.53 Å². The largest absolute Gasteiger partial charge is 0.462 e. The molecule has 8 heteroatoms. The van der Waals surface area contributed by atoms with Crippen LogP contribution in [0, 0.1) is 19.3 Å².